The first-order valence-electron chi connectivity index (χ1n) is 9.99. The predicted octanol–water partition coefficient (Wildman–Crippen LogP) is 3.05. The number of sulfonamides is 1. The van der Waals surface area contributed by atoms with Crippen LogP contribution in [0.3, 0.4) is 0 Å². The molecule has 1 heterocycles. The second kappa shape index (κ2) is 8.95. The molecule has 0 aromatic heterocycles. The Kier molecular flexibility index (Phi) is 6.55. The second-order valence-electron chi connectivity index (χ2n) is 7.39. The van der Waals surface area contributed by atoms with E-state index in [1.54, 1.807) is 19.1 Å². The molecular formula is C22H28N2O5S. The van der Waals surface area contributed by atoms with Gasteiger partial charge in [0, 0.05) is 0 Å². The van der Waals surface area contributed by atoms with Crippen molar-refractivity contribution in [3.63, 3.8) is 0 Å². The highest BCUT2D eigenvalue weighted by Crippen LogP contribution is 2.32. The molecule has 0 radical (unpaired) electrons. The maximum Gasteiger partial charge on any atom is 0.244 e. The number of nitrogens with zero attached hydrogens (tertiary/aromatic N) is 1. The van der Waals surface area contributed by atoms with E-state index in [2.05, 4.69) is 5.32 Å². The average molecular weight is 433 g/mol. The summed E-state index contributed by atoms with van der Waals surface area (Å²) in [4.78, 5) is 12.9. The van der Waals surface area contributed by atoms with Crippen LogP contribution in [0.1, 0.15) is 37.9 Å². The van der Waals surface area contributed by atoms with Crippen LogP contribution >= 0.6 is 0 Å². The van der Waals surface area contributed by atoms with Gasteiger partial charge in [-0.1, -0.05) is 25.1 Å². The number of amides is 1. The Balaban J connectivity index is 1.77. The third-order valence-electron chi connectivity index (χ3n) is 5.11. The van der Waals surface area contributed by atoms with Crippen molar-refractivity contribution in [2.45, 2.75) is 39.3 Å². The summed E-state index contributed by atoms with van der Waals surface area (Å²) < 4.78 is 37.2. The van der Waals surface area contributed by atoms with Gasteiger partial charge in [0.15, 0.2) is 11.5 Å². The van der Waals surface area contributed by atoms with Crippen molar-refractivity contribution in [1.29, 1.82) is 0 Å². The summed E-state index contributed by atoms with van der Waals surface area (Å²) in [6.45, 7) is 6.45. The number of nitrogens with one attached hydrogen (secondary N) is 1. The fourth-order valence-corrected chi connectivity index (χ4v) is 4.61. The third kappa shape index (κ3) is 4.87. The SMILES string of the molecule is CCc1ccc(N([C@H](C)C(=O)N[C@H](C)c2ccc3c(c2)OCCO3)S(C)(=O)=O)cc1. The molecule has 0 spiro atoms. The molecule has 2 aromatic carbocycles. The van der Waals surface area contributed by atoms with Crippen LogP contribution in [0.25, 0.3) is 0 Å². The van der Waals surface area contributed by atoms with Crippen LogP contribution in [-0.2, 0) is 21.2 Å². The Morgan fingerprint density at radius 1 is 1.07 bits per heavy atom. The number of benzene rings is 2. The number of ether oxygens (including phenoxy) is 2. The minimum atomic E-state index is -3.66. The molecule has 2 aromatic rings. The third-order valence-corrected chi connectivity index (χ3v) is 6.35. The molecule has 30 heavy (non-hydrogen) atoms. The van der Waals surface area contributed by atoms with E-state index < -0.39 is 16.1 Å². The van der Waals surface area contributed by atoms with Gasteiger partial charge in [0.05, 0.1) is 18.0 Å². The molecular weight excluding hydrogens is 404 g/mol. The molecule has 1 N–H and O–H groups in total. The summed E-state index contributed by atoms with van der Waals surface area (Å²) in [7, 11) is -3.66. The molecule has 0 aliphatic carbocycles. The Hall–Kier alpha value is -2.74. The van der Waals surface area contributed by atoms with Crippen LogP contribution < -0.4 is 19.1 Å². The molecule has 0 saturated heterocycles. The van der Waals surface area contributed by atoms with Gasteiger partial charge in [0.1, 0.15) is 19.3 Å². The molecule has 0 saturated carbocycles. The number of aryl methyl sites for hydroxylation is 1. The van der Waals surface area contributed by atoms with Crippen LogP contribution in [0.15, 0.2) is 42.5 Å². The topological polar surface area (TPSA) is 84.9 Å². The average Bonchev–Trinajstić information content (AvgIpc) is 2.72. The number of fused-ring (bicyclic) bond motifs is 1. The second-order valence-corrected chi connectivity index (χ2v) is 9.25. The predicted molar refractivity (Wildman–Crippen MR) is 117 cm³/mol. The van der Waals surface area contributed by atoms with Crippen molar-refractivity contribution in [2.75, 3.05) is 23.8 Å². The van der Waals surface area contributed by atoms with E-state index >= 15 is 0 Å². The summed E-state index contributed by atoms with van der Waals surface area (Å²) in [5.74, 6) is 0.930. The Labute approximate surface area is 178 Å². The number of carbonyl (C=O) groups excluding carboxylic acids is 1. The zero-order valence-corrected chi connectivity index (χ0v) is 18.5. The molecule has 0 fully saturated rings. The van der Waals surface area contributed by atoms with Gasteiger partial charge >= 0.3 is 0 Å². The first kappa shape index (κ1) is 22.0. The van der Waals surface area contributed by atoms with E-state index in [9.17, 15) is 13.2 Å². The van der Waals surface area contributed by atoms with E-state index in [4.69, 9.17) is 9.47 Å². The summed E-state index contributed by atoms with van der Waals surface area (Å²) in [6, 6.07) is 11.5. The normalized spacial score (nSPS) is 15.2. The Bertz CT molecular complexity index is 1000. The van der Waals surface area contributed by atoms with Gasteiger partial charge in [-0.25, -0.2) is 8.42 Å². The standard InChI is InChI=1S/C22H28N2O5S/c1-5-17-6-9-19(10-7-17)24(30(4,26)27)16(3)22(25)23-15(2)18-8-11-20-21(14-18)29-13-12-28-20/h6-11,14-16H,5,12-13H2,1-4H3,(H,23,25)/t15-,16-/m1/s1. The number of hydrogen-bond acceptors (Lipinski definition) is 5. The fourth-order valence-electron chi connectivity index (χ4n) is 3.43. The summed E-state index contributed by atoms with van der Waals surface area (Å²) in [5, 5.41) is 2.91. The van der Waals surface area contributed by atoms with Crippen LogP contribution in [-0.4, -0.2) is 39.8 Å². The summed E-state index contributed by atoms with van der Waals surface area (Å²) in [6.07, 6.45) is 1.96. The smallest absolute Gasteiger partial charge is 0.244 e. The van der Waals surface area contributed by atoms with Crippen molar-refractivity contribution < 1.29 is 22.7 Å². The Morgan fingerprint density at radius 2 is 1.70 bits per heavy atom. The fraction of sp³-hybridized carbons (Fsp3) is 0.409. The molecule has 1 aliphatic rings. The van der Waals surface area contributed by atoms with Crippen LogP contribution in [0.5, 0.6) is 11.5 Å². The van der Waals surface area contributed by atoms with Gasteiger partial charge in [-0.05, 0) is 55.7 Å². The van der Waals surface area contributed by atoms with Crippen molar-refractivity contribution >= 4 is 21.6 Å². The lowest BCUT2D eigenvalue weighted by Crippen LogP contribution is -2.48. The van der Waals surface area contributed by atoms with Gasteiger partial charge in [-0.3, -0.25) is 9.10 Å². The number of rotatable bonds is 7. The maximum absolute atomic E-state index is 12.9. The van der Waals surface area contributed by atoms with Crippen LogP contribution in [0.4, 0.5) is 5.69 Å². The van der Waals surface area contributed by atoms with Gasteiger partial charge < -0.3 is 14.8 Å². The van der Waals surface area contributed by atoms with Gasteiger partial charge in [-0.15, -0.1) is 0 Å². The van der Waals surface area contributed by atoms with Gasteiger partial charge in [-0.2, -0.15) is 0 Å². The summed E-state index contributed by atoms with van der Waals surface area (Å²) >= 11 is 0. The van der Waals surface area contributed by atoms with Crippen molar-refractivity contribution in [1.82, 2.24) is 5.32 Å². The lowest BCUT2D eigenvalue weighted by molar-refractivity contribution is -0.122. The van der Waals surface area contributed by atoms with Crippen LogP contribution in [0, 0.1) is 0 Å². The first-order chi connectivity index (χ1) is 14.2. The monoisotopic (exact) mass is 432 g/mol. The lowest BCUT2D eigenvalue weighted by Gasteiger charge is -2.29. The number of hydrogen-bond donors (Lipinski definition) is 1. The molecule has 2 atom stereocenters. The molecule has 1 amide bonds. The van der Waals surface area contributed by atoms with Crippen molar-refractivity contribution in [3.8, 4) is 11.5 Å². The number of carbonyl (C=O) groups is 1. The maximum atomic E-state index is 12.9. The lowest BCUT2D eigenvalue weighted by atomic mass is 10.1. The molecule has 162 valence electrons. The van der Waals surface area contributed by atoms with Crippen molar-refractivity contribution in [2.24, 2.45) is 0 Å². The van der Waals surface area contributed by atoms with Gasteiger partial charge in [0.2, 0.25) is 15.9 Å². The van der Waals surface area contributed by atoms with E-state index in [1.165, 1.54) is 0 Å². The first-order valence-corrected chi connectivity index (χ1v) is 11.8. The molecule has 8 heteroatoms. The highest BCUT2D eigenvalue weighted by molar-refractivity contribution is 7.92. The Morgan fingerprint density at radius 3 is 2.30 bits per heavy atom. The van der Waals surface area contributed by atoms with E-state index in [0.29, 0.717) is 30.4 Å². The minimum Gasteiger partial charge on any atom is -0.486 e. The number of anilines is 1. The molecule has 0 unspecified atom stereocenters. The highest BCUT2D eigenvalue weighted by atomic mass is 32.2. The highest BCUT2D eigenvalue weighted by Gasteiger charge is 2.30. The molecule has 1 aliphatic heterocycles. The van der Waals surface area contributed by atoms with Crippen molar-refractivity contribution in [3.05, 3.63) is 53.6 Å². The zero-order valence-electron chi connectivity index (χ0n) is 17.7. The van der Waals surface area contributed by atoms with E-state index in [0.717, 1.165) is 28.1 Å². The van der Waals surface area contributed by atoms with E-state index in [-0.39, 0.29) is 11.9 Å². The molecule has 0 bridgehead atoms. The molecule has 7 nitrogen and oxygen atoms in total. The minimum absolute atomic E-state index is 0.334. The van der Waals surface area contributed by atoms with Crippen LogP contribution in [0.2, 0.25) is 0 Å². The van der Waals surface area contributed by atoms with E-state index in [1.807, 2.05) is 44.2 Å². The largest absolute Gasteiger partial charge is 0.486 e. The molecule has 3 rings (SSSR count). The zero-order chi connectivity index (χ0) is 21.9. The quantitative estimate of drug-likeness (QED) is 0.727. The summed E-state index contributed by atoms with van der Waals surface area (Å²) in [5.41, 5.74) is 2.40. The van der Waals surface area contributed by atoms with Gasteiger partial charge in [0.25, 0.3) is 0 Å².